The summed E-state index contributed by atoms with van der Waals surface area (Å²) in [6.07, 6.45) is -1.10. The van der Waals surface area contributed by atoms with Crippen molar-refractivity contribution < 1.29 is 14.6 Å². The van der Waals surface area contributed by atoms with Gasteiger partial charge in [0.2, 0.25) is 0 Å². The summed E-state index contributed by atoms with van der Waals surface area (Å²) < 4.78 is 5.58. The van der Waals surface area contributed by atoms with Crippen LogP contribution in [0, 0.1) is 6.92 Å². The summed E-state index contributed by atoms with van der Waals surface area (Å²) in [6.45, 7) is 6.82. The molecular weight excluding hydrogens is 280 g/mol. The van der Waals surface area contributed by atoms with E-state index in [-0.39, 0.29) is 5.91 Å². The lowest BCUT2D eigenvalue weighted by Gasteiger charge is -2.33. The van der Waals surface area contributed by atoms with Gasteiger partial charge >= 0.3 is 0 Å². The largest absolute Gasteiger partial charge is 0.387 e. The number of aliphatic hydroxyl groups is 1. The minimum Gasteiger partial charge on any atom is -0.387 e. The third kappa shape index (κ3) is 4.29. The molecule has 0 saturated carbocycles. The van der Waals surface area contributed by atoms with Crippen LogP contribution in [-0.2, 0) is 9.53 Å². The molecular formula is C17H26N2O3. The van der Waals surface area contributed by atoms with Crippen LogP contribution in [0.25, 0.3) is 0 Å². The lowest BCUT2D eigenvalue weighted by molar-refractivity contribution is -0.150. The van der Waals surface area contributed by atoms with E-state index in [9.17, 15) is 9.90 Å². The van der Waals surface area contributed by atoms with Crippen molar-refractivity contribution in [1.29, 1.82) is 0 Å². The van der Waals surface area contributed by atoms with Gasteiger partial charge in [-0.25, -0.2) is 0 Å². The van der Waals surface area contributed by atoms with E-state index in [0.29, 0.717) is 26.2 Å². The highest BCUT2D eigenvalue weighted by atomic mass is 16.5. The van der Waals surface area contributed by atoms with Gasteiger partial charge in [-0.2, -0.15) is 0 Å². The zero-order valence-corrected chi connectivity index (χ0v) is 13.7. The van der Waals surface area contributed by atoms with Gasteiger partial charge in [-0.15, -0.1) is 0 Å². The third-order valence-electron chi connectivity index (χ3n) is 4.09. The fraction of sp³-hybridized carbons (Fsp3) is 0.588. The summed E-state index contributed by atoms with van der Waals surface area (Å²) >= 11 is 0. The Labute approximate surface area is 132 Å². The number of aryl methyl sites for hydroxylation is 1. The van der Waals surface area contributed by atoms with Crippen LogP contribution in [-0.4, -0.2) is 66.8 Å². The zero-order chi connectivity index (χ0) is 16.1. The Kier molecular flexibility index (Phi) is 5.94. The maximum atomic E-state index is 12.6. The monoisotopic (exact) mass is 306 g/mol. The Bertz CT molecular complexity index is 489. The maximum Gasteiger partial charge on any atom is 0.253 e. The molecule has 0 spiro atoms. The second-order valence-corrected chi connectivity index (χ2v) is 5.93. The standard InChI is InChI=1S/C17H26N2O3/c1-4-19(17(21)16-12-18(3)9-10-22-16)11-15(20)14-7-5-13(2)6-8-14/h5-8,15-16,20H,4,9-12H2,1-3H3. The molecule has 5 nitrogen and oxygen atoms in total. The van der Waals surface area contributed by atoms with Gasteiger partial charge in [-0.1, -0.05) is 29.8 Å². The molecule has 1 aromatic carbocycles. The van der Waals surface area contributed by atoms with Crippen LogP contribution in [0.4, 0.5) is 0 Å². The quantitative estimate of drug-likeness (QED) is 0.888. The SMILES string of the molecule is CCN(CC(O)c1ccc(C)cc1)C(=O)C1CN(C)CCO1. The van der Waals surface area contributed by atoms with Gasteiger partial charge in [0, 0.05) is 19.6 Å². The highest BCUT2D eigenvalue weighted by molar-refractivity contribution is 5.81. The van der Waals surface area contributed by atoms with Crippen LogP contribution in [0.2, 0.25) is 0 Å². The molecule has 0 aromatic heterocycles. The topological polar surface area (TPSA) is 53.0 Å². The number of aliphatic hydroxyl groups excluding tert-OH is 1. The van der Waals surface area contributed by atoms with Crippen molar-refractivity contribution in [3.05, 3.63) is 35.4 Å². The number of carbonyl (C=O) groups is 1. The van der Waals surface area contributed by atoms with Crippen LogP contribution in [0.1, 0.15) is 24.2 Å². The molecule has 1 aliphatic heterocycles. The molecule has 0 aliphatic carbocycles. The van der Waals surface area contributed by atoms with E-state index >= 15 is 0 Å². The summed E-state index contributed by atoms with van der Waals surface area (Å²) in [5.41, 5.74) is 1.98. The number of morpholine rings is 1. The molecule has 122 valence electrons. The normalized spacial score (nSPS) is 20.6. The smallest absolute Gasteiger partial charge is 0.253 e. The molecule has 2 unspecified atom stereocenters. The molecule has 1 heterocycles. The third-order valence-corrected chi connectivity index (χ3v) is 4.09. The first-order chi connectivity index (χ1) is 10.5. The van der Waals surface area contributed by atoms with Crippen molar-refractivity contribution >= 4 is 5.91 Å². The van der Waals surface area contributed by atoms with Gasteiger partial charge < -0.3 is 19.6 Å². The lowest BCUT2D eigenvalue weighted by atomic mass is 10.1. The van der Waals surface area contributed by atoms with Crippen molar-refractivity contribution in [3.8, 4) is 0 Å². The molecule has 1 N–H and O–H groups in total. The van der Waals surface area contributed by atoms with Crippen molar-refractivity contribution in [3.63, 3.8) is 0 Å². The summed E-state index contributed by atoms with van der Waals surface area (Å²) in [5, 5.41) is 10.4. The number of rotatable bonds is 5. The number of carbonyl (C=O) groups excluding carboxylic acids is 1. The molecule has 1 aliphatic rings. The van der Waals surface area contributed by atoms with Crippen LogP contribution >= 0.6 is 0 Å². The molecule has 2 rings (SSSR count). The molecule has 0 bridgehead atoms. The molecule has 2 atom stereocenters. The summed E-state index contributed by atoms with van der Waals surface area (Å²) in [7, 11) is 1.99. The fourth-order valence-electron chi connectivity index (χ4n) is 2.61. The Hall–Kier alpha value is -1.43. The average Bonchev–Trinajstić information content (AvgIpc) is 2.52. The zero-order valence-electron chi connectivity index (χ0n) is 13.7. The van der Waals surface area contributed by atoms with E-state index in [1.54, 1.807) is 4.90 Å². The molecule has 5 heteroatoms. The Balaban J connectivity index is 1.98. The van der Waals surface area contributed by atoms with Gasteiger partial charge in [0.15, 0.2) is 0 Å². The first-order valence-electron chi connectivity index (χ1n) is 7.84. The van der Waals surface area contributed by atoms with E-state index in [2.05, 4.69) is 4.90 Å². The summed E-state index contributed by atoms with van der Waals surface area (Å²) in [6, 6.07) is 7.75. The van der Waals surface area contributed by atoms with E-state index in [4.69, 9.17) is 4.74 Å². The number of nitrogens with zero attached hydrogens (tertiary/aromatic N) is 2. The second-order valence-electron chi connectivity index (χ2n) is 5.93. The Morgan fingerprint density at radius 1 is 1.45 bits per heavy atom. The van der Waals surface area contributed by atoms with E-state index in [1.165, 1.54) is 0 Å². The number of benzene rings is 1. The second kappa shape index (κ2) is 7.72. The summed E-state index contributed by atoms with van der Waals surface area (Å²) in [4.78, 5) is 16.3. The van der Waals surface area contributed by atoms with Crippen LogP contribution in [0.5, 0.6) is 0 Å². The first kappa shape index (κ1) is 16.9. The molecule has 22 heavy (non-hydrogen) atoms. The minimum absolute atomic E-state index is 0.0415. The lowest BCUT2D eigenvalue weighted by Crippen LogP contribution is -2.50. The number of likely N-dealkylation sites (N-methyl/N-ethyl adjacent to an activating group) is 2. The Morgan fingerprint density at radius 3 is 2.73 bits per heavy atom. The fourth-order valence-corrected chi connectivity index (χ4v) is 2.61. The molecule has 1 aromatic rings. The van der Waals surface area contributed by atoms with Gasteiger partial charge in [-0.05, 0) is 26.5 Å². The van der Waals surface area contributed by atoms with Crippen LogP contribution in [0.15, 0.2) is 24.3 Å². The van der Waals surface area contributed by atoms with Gasteiger partial charge in [-0.3, -0.25) is 4.79 Å². The highest BCUT2D eigenvalue weighted by Gasteiger charge is 2.29. The van der Waals surface area contributed by atoms with Crippen LogP contribution < -0.4 is 0 Å². The number of hydrogen-bond donors (Lipinski definition) is 1. The molecule has 1 amide bonds. The predicted octanol–water partition coefficient (Wildman–Crippen LogP) is 1.21. The minimum atomic E-state index is -0.675. The van der Waals surface area contributed by atoms with Crippen molar-refractivity contribution in [1.82, 2.24) is 9.80 Å². The van der Waals surface area contributed by atoms with Crippen LogP contribution in [0.3, 0.4) is 0 Å². The Morgan fingerprint density at radius 2 is 2.14 bits per heavy atom. The first-order valence-corrected chi connectivity index (χ1v) is 7.84. The average molecular weight is 306 g/mol. The van der Waals surface area contributed by atoms with Crippen molar-refractivity contribution in [2.24, 2.45) is 0 Å². The number of hydrogen-bond acceptors (Lipinski definition) is 4. The number of amides is 1. The van der Waals surface area contributed by atoms with Crippen molar-refractivity contribution in [2.75, 3.05) is 39.8 Å². The van der Waals surface area contributed by atoms with Gasteiger partial charge in [0.25, 0.3) is 5.91 Å². The molecule has 1 fully saturated rings. The van der Waals surface area contributed by atoms with E-state index in [0.717, 1.165) is 17.7 Å². The maximum absolute atomic E-state index is 12.6. The molecule has 1 saturated heterocycles. The highest BCUT2D eigenvalue weighted by Crippen LogP contribution is 2.16. The van der Waals surface area contributed by atoms with E-state index < -0.39 is 12.2 Å². The molecule has 0 radical (unpaired) electrons. The van der Waals surface area contributed by atoms with E-state index in [1.807, 2.05) is 45.2 Å². The number of ether oxygens (including phenoxy) is 1. The van der Waals surface area contributed by atoms with Gasteiger partial charge in [0.1, 0.15) is 6.10 Å². The van der Waals surface area contributed by atoms with Crippen molar-refractivity contribution in [2.45, 2.75) is 26.1 Å². The van der Waals surface area contributed by atoms with Gasteiger partial charge in [0.05, 0.1) is 19.3 Å². The predicted molar refractivity (Wildman–Crippen MR) is 85.6 cm³/mol. The summed E-state index contributed by atoms with van der Waals surface area (Å²) in [5.74, 6) is -0.0415.